The Hall–Kier alpha value is -1.92. The largest absolute Gasteiger partial charge is 0.383 e. The van der Waals surface area contributed by atoms with E-state index in [2.05, 4.69) is 15.5 Å². The molecule has 1 amide bonds. The SMILES string of the molecule is CC[C@H](C)[C@@H](O)C(=O)NCc1nc(-c2cccc(Cl)c2)no1. The molecular formula is C15H18ClN3O3. The molecule has 1 aromatic carbocycles. The minimum atomic E-state index is -1.04. The van der Waals surface area contributed by atoms with Gasteiger partial charge < -0.3 is 14.9 Å². The highest BCUT2D eigenvalue weighted by Gasteiger charge is 2.21. The van der Waals surface area contributed by atoms with E-state index >= 15 is 0 Å². The average molecular weight is 324 g/mol. The van der Waals surface area contributed by atoms with Crippen LogP contribution in [0.3, 0.4) is 0 Å². The number of hydrogen-bond acceptors (Lipinski definition) is 5. The monoisotopic (exact) mass is 323 g/mol. The summed E-state index contributed by atoms with van der Waals surface area (Å²) in [7, 11) is 0. The van der Waals surface area contributed by atoms with Crippen LogP contribution in [0, 0.1) is 5.92 Å². The summed E-state index contributed by atoms with van der Waals surface area (Å²) in [4.78, 5) is 16.0. The first-order valence-corrected chi connectivity index (χ1v) is 7.43. The second kappa shape index (κ2) is 7.38. The van der Waals surface area contributed by atoms with E-state index in [1.165, 1.54) is 0 Å². The zero-order chi connectivity index (χ0) is 16.1. The number of hydrogen-bond donors (Lipinski definition) is 2. The predicted octanol–water partition coefficient (Wildman–Crippen LogP) is 2.41. The standard InChI is InChI=1S/C15H18ClN3O3/c1-3-9(2)13(20)15(21)17-8-12-18-14(19-22-12)10-5-4-6-11(16)7-10/h4-7,9,13,20H,3,8H2,1-2H3,(H,17,21)/t9-,13+/m0/s1. The molecule has 0 saturated heterocycles. The first-order valence-electron chi connectivity index (χ1n) is 7.05. The van der Waals surface area contributed by atoms with Crippen LogP contribution in [0.2, 0.25) is 5.02 Å². The van der Waals surface area contributed by atoms with Crippen LogP contribution in [0.1, 0.15) is 26.2 Å². The van der Waals surface area contributed by atoms with E-state index < -0.39 is 12.0 Å². The van der Waals surface area contributed by atoms with Gasteiger partial charge in [-0.15, -0.1) is 0 Å². The first kappa shape index (κ1) is 16.5. The molecule has 0 aliphatic rings. The van der Waals surface area contributed by atoms with Crippen molar-refractivity contribution in [1.82, 2.24) is 15.5 Å². The van der Waals surface area contributed by atoms with Crippen molar-refractivity contribution < 1.29 is 14.4 Å². The Kier molecular flexibility index (Phi) is 5.51. The van der Waals surface area contributed by atoms with E-state index in [0.29, 0.717) is 17.3 Å². The molecule has 2 rings (SSSR count). The van der Waals surface area contributed by atoms with Crippen LogP contribution >= 0.6 is 11.6 Å². The van der Waals surface area contributed by atoms with E-state index in [4.69, 9.17) is 16.1 Å². The third kappa shape index (κ3) is 4.05. The lowest BCUT2D eigenvalue weighted by molar-refractivity contribution is -0.132. The molecule has 2 atom stereocenters. The summed E-state index contributed by atoms with van der Waals surface area (Å²) in [5.74, 6) is 0.107. The fourth-order valence-electron chi connectivity index (χ4n) is 1.82. The normalized spacial score (nSPS) is 13.6. The molecule has 0 saturated carbocycles. The molecular weight excluding hydrogens is 306 g/mol. The molecule has 0 radical (unpaired) electrons. The van der Waals surface area contributed by atoms with Gasteiger partial charge in [0.25, 0.3) is 0 Å². The molecule has 1 aromatic heterocycles. The predicted molar refractivity (Wildman–Crippen MR) is 82.1 cm³/mol. The molecule has 1 heterocycles. The van der Waals surface area contributed by atoms with Gasteiger partial charge >= 0.3 is 0 Å². The van der Waals surface area contributed by atoms with E-state index in [9.17, 15) is 9.90 Å². The Morgan fingerprint density at radius 3 is 2.95 bits per heavy atom. The lowest BCUT2D eigenvalue weighted by atomic mass is 10.0. The van der Waals surface area contributed by atoms with Gasteiger partial charge in [-0.05, 0) is 18.1 Å². The molecule has 0 fully saturated rings. The molecule has 118 valence electrons. The van der Waals surface area contributed by atoms with Crippen molar-refractivity contribution in [2.75, 3.05) is 0 Å². The summed E-state index contributed by atoms with van der Waals surface area (Å²) >= 11 is 5.91. The summed E-state index contributed by atoms with van der Waals surface area (Å²) in [6.07, 6.45) is -0.325. The zero-order valence-corrected chi connectivity index (χ0v) is 13.2. The second-order valence-corrected chi connectivity index (χ2v) is 5.51. The number of nitrogens with zero attached hydrogens (tertiary/aromatic N) is 2. The van der Waals surface area contributed by atoms with Gasteiger partial charge in [0, 0.05) is 10.6 Å². The molecule has 7 heteroatoms. The number of carbonyl (C=O) groups is 1. The smallest absolute Gasteiger partial charge is 0.249 e. The van der Waals surface area contributed by atoms with E-state index in [1.54, 1.807) is 18.2 Å². The van der Waals surface area contributed by atoms with Crippen molar-refractivity contribution >= 4 is 17.5 Å². The minimum Gasteiger partial charge on any atom is -0.383 e. The maximum absolute atomic E-state index is 11.8. The van der Waals surface area contributed by atoms with Crippen LogP contribution in [0.15, 0.2) is 28.8 Å². The molecule has 0 unspecified atom stereocenters. The summed E-state index contributed by atoms with van der Waals surface area (Å²) in [6, 6.07) is 7.08. The quantitative estimate of drug-likeness (QED) is 0.852. The summed E-state index contributed by atoms with van der Waals surface area (Å²) in [5.41, 5.74) is 0.730. The summed E-state index contributed by atoms with van der Waals surface area (Å²) in [6.45, 7) is 3.80. The Bertz CT molecular complexity index is 644. The van der Waals surface area contributed by atoms with Gasteiger partial charge in [0.1, 0.15) is 6.10 Å². The van der Waals surface area contributed by atoms with Crippen LogP contribution in [0.25, 0.3) is 11.4 Å². The topological polar surface area (TPSA) is 88.2 Å². The van der Waals surface area contributed by atoms with E-state index in [1.807, 2.05) is 19.9 Å². The van der Waals surface area contributed by atoms with Gasteiger partial charge in [-0.1, -0.05) is 49.2 Å². The maximum Gasteiger partial charge on any atom is 0.249 e. The third-order valence-corrected chi connectivity index (χ3v) is 3.65. The number of aromatic nitrogens is 2. The molecule has 0 aliphatic heterocycles. The van der Waals surface area contributed by atoms with Gasteiger partial charge in [0.2, 0.25) is 17.6 Å². The Morgan fingerprint density at radius 1 is 1.50 bits per heavy atom. The summed E-state index contributed by atoms with van der Waals surface area (Å²) in [5, 5.41) is 16.8. The van der Waals surface area contributed by atoms with Gasteiger partial charge in [-0.25, -0.2) is 0 Å². The van der Waals surface area contributed by atoms with Crippen molar-refractivity contribution in [2.24, 2.45) is 5.92 Å². The molecule has 0 spiro atoms. The molecule has 2 aromatic rings. The lowest BCUT2D eigenvalue weighted by Crippen LogP contribution is -2.38. The van der Waals surface area contributed by atoms with Crippen LogP contribution in [0.5, 0.6) is 0 Å². The van der Waals surface area contributed by atoms with E-state index in [0.717, 1.165) is 5.56 Å². The number of aliphatic hydroxyl groups is 1. The summed E-state index contributed by atoms with van der Waals surface area (Å²) < 4.78 is 5.08. The highest BCUT2D eigenvalue weighted by Crippen LogP contribution is 2.19. The fraction of sp³-hybridized carbons (Fsp3) is 0.400. The van der Waals surface area contributed by atoms with Crippen LogP contribution in [-0.2, 0) is 11.3 Å². The Balaban J connectivity index is 1.97. The van der Waals surface area contributed by atoms with Gasteiger partial charge in [-0.3, -0.25) is 4.79 Å². The molecule has 22 heavy (non-hydrogen) atoms. The molecule has 2 N–H and O–H groups in total. The number of amides is 1. The van der Waals surface area contributed by atoms with Crippen LogP contribution in [-0.4, -0.2) is 27.3 Å². The molecule has 0 bridgehead atoms. The van der Waals surface area contributed by atoms with Crippen molar-refractivity contribution in [3.05, 3.63) is 35.2 Å². The number of carbonyl (C=O) groups excluding carboxylic acids is 1. The third-order valence-electron chi connectivity index (χ3n) is 3.42. The molecule has 6 nitrogen and oxygen atoms in total. The Morgan fingerprint density at radius 2 is 2.27 bits per heavy atom. The highest BCUT2D eigenvalue weighted by atomic mass is 35.5. The number of halogens is 1. The second-order valence-electron chi connectivity index (χ2n) is 5.07. The first-order chi connectivity index (χ1) is 10.5. The number of nitrogens with one attached hydrogen (secondary N) is 1. The van der Waals surface area contributed by atoms with Gasteiger partial charge in [0.15, 0.2) is 0 Å². The number of aliphatic hydroxyl groups excluding tert-OH is 1. The number of benzene rings is 1. The van der Waals surface area contributed by atoms with Crippen LogP contribution in [0.4, 0.5) is 0 Å². The molecule has 0 aliphatic carbocycles. The minimum absolute atomic E-state index is 0.0693. The van der Waals surface area contributed by atoms with Crippen molar-refractivity contribution in [2.45, 2.75) is 32.9 Å². The van der Waals surface area contributed by atoms with Gasteiger partial charge in [0.05, 0.1) is 6.54 Å². The number of rotatable bonds is 6. The van der Waals surface area contributed by atoms with Crippen LogP contribution < -0.4 is 5.32 Å². The maximum atomic E-state index is 11.8. The van der Waals surface area contributed by atoms with Gasteiger partial charge in [-0.2, -0.15) is 4.98 Å². The fourth-order valence-corrected chi connectivity index (χ4v) is 2.01. The van der Waals surface area contributed by atoms with Crippen molar-refractivity contribution in [3.8, 4) is 11.4 Å². The lowest BCUT2D eigenvalue weighted by Gasteiger charge is -2.15. The average Bonchev–Trinajstić information content (AvgIpc) is 3.00. The zero-order valence-electron chi connectivity index (χ0n) is 12.4. The van der Waals surface area contributed by atoms with Crippen molar-refractivity contribution in [3.63, 3.8) is 0 Å². The van der Waals surface area contributed by atoms with E-state index in [-0.39, 0.29) is 18.4 Å². The van der Waals surface area contributed by atoms with Crippen molar-refractivity contribution in [1.29, 1.82) is 0 Å². The highest BCUT2D eigenvalue weighted by molar-refractivity contribution is 6.30. The Labute approximate surface area is 133 Å².